The number of aliphatic carboxylic acids is 1. The average molecular weight is 210 g/mol. The number of aryl methyl sites for hydroxylation is 1. The van der Waals surface area contributed by atoms with E-state index in [1.807, 2.05) is 13.8 Å². The van der Waals surface area contributed by atoms with Crippen LogP contribution >= 0.6 is 11.3 Å². The summed E-state index contributed by atoms with van der Waals surface area (Å²) < 4.78 is 0. The molecule has 0 bridgehead atoms. The van der Waals surface area contributed by atoms with Crippen LogP contribution in [0.2, 0.25) is 0 Å². The van der Waals surface area contributed by atoms with Gasteiger partial charge in [0.25, 0.3) is 0 Å². The number of hydrogen-bond donors (Lipinski definition) is 1. The Morgan fingerprint density at radius 2 is 2.14 bits per heavy atom. The standard InChI is InChI=1S/C11H14O2S/c1-6-4-5-7(14-6)8-9(10(12)13)11(8,2)3/h4-5,8-9H,1-3H3,(H,12,13). The Balaban J connectivity index is 2.27. The van der Waals surface area contributed by atoms with Gasteiger partial charge in [0.1, 0.15) is 0 Å². The smallest absolute Gasteiger partial charge is 0.307 e. The second-order valence-electron chi connectivity index (χ2n) is 4.56. The summed E-state index contributed by atoms with van der Waals surface area (Å²) in [7, 11) is 0. The van der Waals surface area contributed by atoms with Crippen molar-refractivity contribution in [3.05, 3.63) is 21.9 Å². The van der Waals surface area contributed by atoms with Crippen LogP contribution in [0.1, 0.15) is 29.5 Å². The molecule has 1 aromatic rings. The predicted octanol–water partition coefficient (Wildman–Crippen LogP) is 2.88. The summed E-state index contributed by atoms with van der Waals surface area (Å²) in [5, 5.41) is 9.03. The van der Waals surface area contributed by atoms with Gasteiger partial charge in [-0.1, -0.05) is 13.8 Å². The van der Waals surface area contributed by atoms with Crippen molar-refractivity contribution < 1.29 is 9.90 Å². The molecule has 2 nitrogen and oxygen atoms in total. The maximum atomic E-state index is 11.0. The first-order valence-corrected chi connectivity index (χ1v) is 5.55. The molecule has 1 heterocycles. The third-order valence-corrected chi connectivity index (χ3v) is 4.24. The van der Waals surface area contributed by atoms with Gasteiger partial charge in [-0.05, 0) is 24.5 Å². The zero-order valence-corrected chi connectivity index (χ0v) is 9.39. The van der Waals surface area contributed by atoms with E-state index in [1.165, 1.54) is 9.75 Å². The summed E-state index contributed by atoms with van der Waals surface area (Å²) in [6, 6.07) is 4.13. The summed E-state index contributed by atoms with van der Waals surface area (Å²) in [5.74, 6) is -0.634. The SMILES string of the molecule is Cc1ccc(C2C(C(=O)O)C2(C)C)s1. The van der Waals surface area contributed by atoms with Crippen molar-refractivity contribution in [3.8, 4) is 0 Å². The van der Waals surface area contributed by atoms with Gasteiger partial charge in [-0.15, -0.1) is 11.3 Å². The van der Waals surface area contributed by atoms with Gasteiger partial charge in [0.2, 0.25) is 0 Å². The minimum atomic E-state index is -0.661. The summed E-state index contributed by atoms with van der Waals surface area (Å²) in [4.78, 5) is 13.5. The van der Waals surface area contributed by atoms with Crippen LogP contribution < -0.4 is 0 Å². The zero-order valence-electron chi connectivity index (χ0n) is 8.57. The molecular formula is C11H14O2S. The van der Waals surface area contributed by atoms with Crippen LogP contribution in [0.3, 0.4) is 0 Å². The highest BCUT2D eigenvalue weighted by molar-refractivity contribution is 7.12. The third-order valence-electron chi connectivity index (χ3n) is 3.16. The highest BCUT2D eigenvalue weighted by Crippen LogP contribution is 2.65. The van der Waals surface area contributed by atoms with Gasteiger partial charge >= 0.3 is 5.97 Å². The molecule has 2 atom stereocenters. The number of carbonyl (C=O) groups is 1. The first kappa shape index (κ1) is 9.71. The van der Waals surface area contributed by atoms with E-state index in [0.717, 1.165) is 0 Å². The van der Waals surface area contributed by atoms with Crippen LogP contribution in [-0.2, 0) is 4.79 Å². The number of hydrogen-bond acceptors (Lipinski definition) is 2. The molecule has 1 aliphatic carbocycles. The lowest BCUT2D eigenvalue weighted by Gasteiger charge is -1.98. The molecule has 2 rings (SSSR count). The van der Waals surface area contributed by atoms with E-state index < -0.39 is 5.97 Å². The molecule has 0 saturated heterocycles. The fraction of sp³-hybridized carbons (Fsp3) is 0.545. The van der Waals surface area contributed by atoms with Crippen LogP contribution in [0.25, 0.3) is 0 Å². The van der Waals surface area contributed by atoms with Crippen LogP contribution in [0.5, 0.6) is 0 Å². The van der Waals surface area contributed by atoms with E-state index in [-0.39, 0.29) is 17.3 Å². The molecule has 1 saturated carbocycles. The van der Waals surface area contributed by atoms with Gasteiger partial charge in [0.15, 0.2) is 0 Å². The fourth-order valence-electron chi connectivity index (χ4n) is 2.25. The molecule has 1 aromatic heterocycles. The average Bonchev–Trinajstić information content (AvgIpc) is 2.42. The van der Waals surface area contributed by atoms with Crippen molar-refractivity contribution >= 4 is 17.3 Å². The largest absolute Gasteiger partial charge is 0.481 e. The van der Waals surface area contributed by atoms with Crippen molar-refractivity contribution in [2.75, 3.05) is 0 Å². The van der Waals surface area contributed by atoms with Gasteiger partial charge in [-0.25, -0.2) is 0 Å². The Hall–Kier alpha value is -0.830. The lowest BCUT2D eigenvalue weighted by Crippen LogP contribution is -2.02. The number of thiophene rings is 1. The number of rotatable bonds is 2. The molecule has 76 valence electrons. The van der Waals surface area contributed by atoms with E-state index in [0.29, 0.717) is 0 Å². The maximum absolute atomic E-state index is 11.0. The van der Waals surface area contributed by atoms with Gasteiger partial charge in [-0.3, -0.25) is 4.79 Å². The van der Waals surface area contributed by atoms with Gasteiger partial charge < -0.3 is 5.11 Å². The molecule has 1 N–H and O–H groups in total. The molecule has 3 heteroatoms. The quantitative estimate of drug-likeness (QED) is 0.815. The number of carboxylic acids is 1. The van der Waals surface area contributed by atoms with E-state index in [9.17, 15) is 4.79 Å². The van der Waals surface area contributed by atoms with Crippen LogP contribution in [-0.4, -0.2) is 11.1 Å². The van der Waals surface area contributed by atoms with E-state index in [1.54, 1.807) is 11.3 Å². The fourth-order valence-corrected chi connectivity index (χ4v) is 3.46. The Bertz CT molecular complexity index is 378. The van der Waals surface area contributed by atoms with Crippen molar-refractivity contribution in [2.45, 2.75) is 26.7 Å². The first-order valence-electron chi connectivity index (χ1n) is 4.73. The molecule has 1 fully saturated rings. The lowest BCUT2D eigenvalue weighted by atomic mass is 10.1. The Morgan fingerprint density at radius 1 is 1.50 bits per heavy atom. The van der Waals surface area contributed by atoms with Crippen molar-refractivity contribution in [1.82, 2.24) is 0 Å². The summed E-state index contributed by atoms with van der Waals surface area (Å²) in [6.45, 7) is 6.12. The predicted molar refractivity (Wildman–Crippen MR) is 56.7 cm³/mol. The Kier molecular flexibility index (Phi) is 1.96. The van der Waals surface area contributed by atoms with E-state index >= 15 is 0 Å². The molecular weight excluding hydrogens is 196 g/mol. The topological polar surface area (TPSA) is 37.3 Å². The Labute approximate surface area is 87.6 Å². The zero-order chi connectivity index (χ0) is 10.5. The summed E-state index contributed by atoms with van der Waals surface area (Å²) in [6.07, 6.45) is 0. The minimum Gasteiger partial charge on any atom is -0.481 e. The minimum absolute atomic E-state index is 0.0663. The molecule has 2 unspecified atom stereocenters. The molecule has 0 aromatic carbocycles. The molecule has 0 amide bonds. The van der Waals surface area contributed by atoms with Crippen LogP contribution in [0, 0.1) is 18.3 Å². The third kappa shape index (κ3) is 1.27. The number of carboxylic acid groups (broad SMARTS) is 1. The second-order valence-corrected chi connectivity index (χ2v) is 5.88. The lowest BCUT2D eigenvalue weighted by molar-refractivity contribution is -0.139. The summed E-state index contributed by atoms with van der Waals surface area (Å²) >= 11 is 1.72. The van der Waals surface area contributed by atoms with Gasteiger partial charge in [0, 0.05) is 15.7 Å². The molecule has 1 aliphatic rings. The second kappa shape index (κ2) is 2.83. The van der Waals surface area contributed by atoms with Gasteiger partial charge in [-0.2, -0.15) is 0 Å². The van der Waals surface area contributed by atoms with E-state index in [2.05, 4.69) is 19.1 Å². The van der Waals surface area contributed by atoms with E-state index in [4.69, 9.17) is 5.11 Å². The van der Waals surface area contributed by atoms with Crippen molar-refractivity contribution in [1.29, 1.82) is 0 Å². The highest BCUT2D eigenvalue weighted by Gasteiger charge is 2.63. The van der Waals surface area contributed by atoms with Crippen molar-refractivity contribution in [3.63, 3.8) is 0 Å². The van der Waals surface area contributed by atoms with Gasteiger partial charge in [0.05, 0.1) is 5.92 Å². The first-order chi connectivity index (χ1) is 6.44. The van der Waals surface area contributed by atoms with Crippen LogP contribution in [0.4, 0.5) is 0 Å². The molecule has 0 aliphatic heterocycles. The Morgan fingerprint density at radius 3 is 2.50 bits per heavy atom. The van der Waals surface area contributed by atoms with Crippen LogP contribution in [0.15, 0.2) is 12.1 Å². The molecule has 0 radical (unpaired) electrons. The molecule has 0 spiro atoms. The maximum Gasteiger partial charge on any atom is 0.307 e. The monoisotopic (exact) mass is 210 g/mol. The normalized spacial score (nSPS) is 28.8. The molecule has 14 heavy (non-hydrogen) atoms. The van der Waals surface area contributed by atoms with Crippen molar-refractivity contribution in [2.24, 2.45) is 11.3 Å². The summed E-state index contributed by atoms with van der Waals surface area (Å²) in [5.41, 5.74) is -0.0663. The highest BCUT2D eigenvalue weighted by atomic mass is 32.1.